The summed E-state index contributed by atoms with van der Waals surface area (Å²) in [5.41, 5.74) is 2.77. The summed E-state index contributed by atoms with van der Waals surface area (Å²) < 4.78 is 1.97. The molecule has 1 N–H and O–H groups in total. The quantitative estimate of drug-likeness (QED) is 0.857. The molecule has 1 fully saturated rings. The Hall–Kier alpha value is -1.39. The van der Waals surface area contributed by atoms with Gasteiger partial charge in [0.1, 0.15) is 0 Å². The predicted molar refractivity (Wildman–Crippen MR) is 77.9 cm³/mol. The van der Waals surface area contributed by atoms with Crippen molar-refractivity contribution in [1.29, 1.82) is 0 Å². The molecule has 0 unspecified atom stereocenters. The van der Waals surface area contributed by atoms with Crippen LogP contribution in [0, 0.1) is 5.92 Å². The summed E-state index contributed by atoms with van der Waals surface area (Å²) in [4.78, 5) is 16.7. The van der Waals surface area contributed by atoms with Gasteiger partial charge in [-0.05, 0) is 44.1 Å². The van der Waals surface area contributed by atoms with Crippen molar-refractivity contribution in [3.8, 4) is 0 Å². The second-order valence-corrected chi connectivity index (χ2v) is 4.95. The van der Waals surface area contributed by atoms with Crippen LogP contribution in [0.4, 0.5) is 0 Å². The maximum absolute atomic E-state index is 12.4. The van der Waals surface area contributed by atoms with Crippen LogP contribution < -0.4 is 5.32 Å². The third-order valence-electron chi connectivity index (χ3n) is 3.72. The monoisotopic (exact) mass is 279 g/mol. The molecule has 0 atom stereocenters. The fourth-order valence-electron chi connectivity index (χ4n) is 2.61. The summed E-state index contributed by atoms with van der Waals surface area (Å²) >= 11 is 0. The van der Waals surface area contributed by atoms with E-state index in [0.717, 1.165) is 42.5 Å². The second-order valence-electron chi connectivity index (χ2n) is 4.95. The van der Waals surface area contributed by atoms with E-state index in [1.807, 2.05) is 29.8 Å². The molecule has 19 heavy (non-hydrogen) atoms. The highest BCUT2D eigenvalue weighted by Crippen LogP contribution is 2.21. The van der Waals surface area contributed by atoms with E-state index in [-0.39, 0.29) is 24.1 Å². The van der Waals surface area contributed by atoms with Gasteiger partial charge >= 0.3 is 0 Å². The summed E-state index contributed by atoms with van der Waals surface area (Å²) in [6, 6.07) is 5.82. The lowest BCUT2D eigenvalue weighted by Crippen LogP contribution is -2.31. The molecule has 0 saturated carbocycles. The number of hydrogen-bond acceptors (Lipinski definition) is 3. The molecule has 102 valence electrons. The zero-order chi connectivity index (χ0) is 12.5. The minimum Gasteiger partial charge on any atom is -0.334 e. The summed E-state index contributed by atoms with van der Waals surface area (Å²) in [6.45, 7) is 1.89. The van der Waals surface area contributed by atoms with Crippen molar-refractivity contribution >= 4 is 29.2 Å². The second kappa shape index (κ2) is 5.72. The molecule has 1 aliphatic heterocycles. The lowest BCUT2D eigenvalue weighted by Gasteiger charge is -2.21. The highest BCUT2D eigenvalue weighted by atomic mass is 35.5. The summed E-state index contributed by atoms with van der Waals surface area (Å²) in [7, 11) is 1.96. The van der Waals surface area contributed by atoms with Crippen LogP contribution >= 0.6 is 12.4 Å². The zero-order valence-electron chi connectivity index (χ0n) is 10.9. The van der Waals surface area contributed by atoms with E-state index in [1.54, 1.807) is 6.33 Å². The molecule has 2 heterocycles. The topological polar surface area (TPSA) is 46.9 Å². The van der Waals surface area contributed by atoms with Crippen molar-refractivity contribution < 1.29 is 4.79 Å². The van der Waals surface area contributed by atoms with E-state index in [1.165, 1.54) is 0 Å². The molecule has 4 nitrogen and oxygen atoms in total. The van der Waals surface area contributed by atoms with Gasteiger partial charge in [0.2, 0.25) is 0 Å². The molecular weight excluding hydrogens is 262 g/mol. The number of carbonyl (C=O) groups excluding carboxylic acids is 1. The molecule has 0 spiro atoms. The number of nitrogens with one attached hydrogen (secondary N) is 1. The number of imidazole rings is 1. The van der Waals surface area contributed by atoms with Gasteiger partial charge in [0.25, 0.3) is 0 Å². The van der Waals surface area contributed by atoms with Gasteiger partial charge in [0, 0.05) is 18.5 Å². The third-order valence-corrected chi connectivity index (χ3v) is 3.72. The Morgan fingerprint density at radius 3 is 2.84 bits per heavy atom. The number of Topliss-reactive ketones (excluding diaryl/α,β-unsaturated/α-hetero) is 1. The Morgan fingerprint density at radius 2 is 2.11 bits per heavy atom. The Balaban J connectivity index is 0.00000133. The van der Waals surface area contributed by atoms with E-state index in [9.17, 15) is 4.79 Å². The van der Waals surface area contributed by atoms with Gasteiger partial charge in [0.05, 0.1) is 17.4 Å². The molecule has 3 rings (SSSR count). The van der Waals surface area contributed by atoms with Gasteiger partial charge in [-0.25, -0.2) is 4.98 Å². The van der Waals surface area contributed by atoms with Crippen LogP contribution in [0.25, 0.3) is 11.0 Å². The van der Waals surface area contributed by atoms with Crippen molar-refractivity contribution in [2.75, 3.05) is 13.1 Å². The highest BCUT2D eigenvalue weighted by Gasteiger charge is 2.22. The van der Waals surface area contributed by atoms with Crippen LogP contribution in [0.1, 0.15) is 23.2 Å². The molecule has 0 aliphatic carbocycles. The van der Waals surface area contributed by atoms with Gasteiger partial charge in [-0.2, -0.15) is 0 Å². The van der Waals surface area contributed by atoms with E-state index < -0.39 is 0 Å². The molecule has 2 aromatic rings. The number of fused-ring (bicyclic) bond motifs is 1. The zero-order valence-corrected chi connectivity index (χ0v) is 11.7. The number of piperidine rings is 1. The van der Waals surface area contributed by atoms with E-state index >= 15 is 0 Å². The number of ketones is 1. The van der Waals surface area contributed by atoms with Crippen LogP contribution in [-0.4, -0.2) is 28.4 Å². The van der Waals surface area contributed by atoms with Crippen LogP contribution in [0.3, 0.4) is 0 Å². The number of hydrogen-bond donors (Lipinski definition) is 1. The van der Waals surface area contributed by atoms with Crippen molar-refractivity contribution in [3.05, 3.63) is 30.1 Å². The minimum absolute atomic E-state index is 0. The van der Waals surface area contributed by atoms with Gasteiger partial charge < -0.3 is 9.88 Å². The van der Waals surface area contributed by atoms with Crippen molar-refractivity contribution in [2.24, 2.45) is 13.0 Å². The van der Waals surface area contributed by atoms with Crippen molar-refractivity contribution in [1.82, 2.24) is 14.9 Å². The predicted octanol–water partition coefficient (Wildman–Crippen LogP) is 2.18. The first kappa shape index (κ1) is 14.0. The van der Waals surface area contributed by atoms with Crippen LogP contribution in [0.15, 0.2) is 24.5 Å². The lowest BCUT2D eigenvalue weighted by molar-refractivity contribution is 0.0895. The number of nitrogens with zero attached hydrogens (tertiary/aromatic N) is 2. The molecule has 0 amide bonds. The Bertz CT molecular complexity index is 587. The summed E-state index contributed by atoms with van der Waals surface area (Å²) in [5.74, 6) is 0.441. The van der Waals surface area contributed by atoms with Gasteiger partial charge in [-0.15, -0.1) is 12.4 Å². The van der Waals surface area contributed by atoms with Crippen LogP contribution in [-0.2, 0) is 7.05 Å². The normalized spacial score (nSPS) is 16.3. The average molecular weight is 280 g/mol. The van der Waals surface area contributed by atoms with Crippen molar-refractivity contribution in [2.45, 2.75) is 12.8 Å². The van der Waals surface area contributed by atoms with E-state index in [4.69, 9.17) is 0 Å². The van der Waals surface area contributed by atoms with Gasteiger partial charge in [-0.3, -0.25) is 4.79 Å². The number of benzene rings is 1. The average Bonchev–Trinajstić information content (AvgIpc) is 2.80. The molecule has 1 aromatic heterocycles. The summed E-state index contributed by atoms with van der Waals surface area (Å²) in [6.07, 6.45) is 3.67. The standard InChI is InChI=1S/C14H17N3O.ClH/c1-17-9-16-12-8-11(2-3-13(12)17)14(18)10-4-6-15-7-5-10;/h2-3,8-10,15H,4-7H2,1H3;1H. The maximum atomic E-state index is 12.4. The Morgan fingerprint density at radius 1 is 1.37 bits per heavy atom. The van der Waals surface area contributed by atoms with Crippen LogP contribution in [0.2, 0.25) is 0 Å². The molecule has 0 radical (unpaired) electrons. The van der Waals surface area contributed by atoms with Gasteiger partial charge in [0.15, 0.2) is 5.78 Å². The largest absolute Gasteiger partial charge is 0.334 e. The molecule has 1 aliphatic rings. The Labute approximate surface area is 118 Å². The Kier molecular flexibility index (Phi) is 4.22. The SMILES string of the molecule is Cl.Cn1cnc2cc(C(=O)C3CCNCC3)ccc21. The highest BCUT2D eigenvalue weighted by molar-refractivity contribution is 6.00. The minimum atomic E-state index is 0. The number of halogens is 1. The molecule has 5 heteroatoms. The number of rotatable bonds is 2. The number of carbonyl (C=O) groups is 1. The molecule has 0 bridgehead atoms. The fourth-order valence-corrected chi connectivity index (χ4v) is 2.61. The lowest BCUT2D eigenvalue weighted by atomic mass is 9.89. The van der Waals surface area contributed by atoms with Crippen molar-refractivity contribution in [3.63, 3.8) is 0 Å². The fraction of sp³-hybridized carbons (Fsp3) is 0.429. The first-order chi connectivity index (χ1) is 8.75. The molecule has 1 saturated heterocycles. The van der Waals surface area contributed by atoms with E-state index in [0.29, 0.717) is 0 Å². The maximum Gasteiger partial charge on any atom is 0.166 e. The van der Waals surface area contributed by atoms with Crippen LogP contribution in [0.5, 0.6) is 0 Å². The molecule has 1 aromatic carbocycles. The first-order valence-electron chi connectivity index (χ1n) is 6.42. The summed E-state index contributed by atoms with van der Waals surface area (Å²) in [5, 5.41) is 3.29. The van der Waals surface area contributed by atoms with Gasteiger partial charge in [-0.1, -0.05) is 0 Å². The smallest absolute Gasteiger partial charge is 0.166 e. The third kappa shape index (κ3) is 2.65. The number of aromatic nitrogens is 2. The first-order valence-corrected chi connectivity index (χ1v) is 6.42. The van der Waals surface area contributed by atoms with E-state index in [2.05, 4.69) is 10.3 Å². The molecular formula is C14H18ClN3O. The number of aryl methyl sites for hydroxylation is 1.